The van der Waals surface area contributed by atoms with Gasteiger partial charge in [-0.25, -0.2) is 0 Å². The molecule has 0 aromatic carbocycles. The molecule has 69 heavy (non-hydrogen) atoms. The highest BCUT2D eigenvalue weighted by atomic mass is 16.3. The fourth-order valence-electron chi connectivity index (χ4n) is 9.22. The molecule has 0 spiro atoms. The molecule has 0 aliphatic heterocycles. The van der Waals surface area contributed by atoms with E-state index in [1.165, 1.54) is 244 Å². The van der Waals surface area contributed by atoms with Crippen molar-refractivity contribution in [2.45, 2.75) is 328 Å². The molecule has 0 saturated carbocycles. The molecule has 0 heterocycles. The van der Waals surface area contributed by atoms with Gasteiger partial charge >= 0.3 is 0 Å². The average Bonchev–Trinajstić information content (AvgIpc) is 3.35. The van der Waals surface area contributed by atoms with E-state index >= 15 is 0 Å². The molecule has 2 atom stereocenters. The summed E-state index contributed by atoms with van der Waals surface area (Å²) in [5, 5.41) is 23.2. The Kier molecular flexibility index (Phi) is 58.2. The lowest BCUT2D eigenvalue weighted by Gasteiger charge is -2.19. The average molecular weight is 963 g/mol. The predicted molar refractivity (Wildman–Crippen MR) is 308 cm³/mol. The van der Waals surface area contributed by atoms with E-state index in [0.29, 0.717) is 6.42 Å². The fourth-order valence-corrected chi connectivity index (χ4v) is 9.22. The largest absolute Gasteiger partial charge is 0.394 e. The van der Waals surface area contributed by atoms with Gasteiger partial charge in [-0.2, -0.15) is 0 Å². The molecule has 0 aromatic heterocycles. The molecule has 0 bridgehead atoms. The molecule has 0 radical (unpaired) electrons. The number of carbonyl (C=O) groups is 1. The number of amides is 1. The quantitative estimate of drug-likeness (QED) is 0.0420. The summed E-state index contributed by atoms with van der Waals surface area (Å²) in [6, 6.07) is -0.649. The van der Waals surface area contributed by atoms with Crippen LogP contribution in [0.25, 0.3) is 0 Å². The SMILES string of the molecule is CCCCCCC/C=C\C/C=C\C/C=C\CCCCCCCCCCCCCCCCCCC(=O)NC(CO)C(O)/C=C/CC/C=C/CC/C=C/CCCCCCCCCCCCCCCCCC. The first kappa shape index (κ1) is 66.8. The zero-order valence-electron chi connectivity index (χ0n) is 46.3. The Morgan fingerprint density at radius 2 is 0.609 bits per heavy atom. The lowest BCUT2D eigenvalue weighted by atomic mass is 10.0. The van der Waals surface area contributed by atoms with Crippen LogP contribution in [0.2, 0.25) is 0 Å². The van der Waals surface area contributed by atoms with Crippen molar-refractivity contribution >= 4 is 5.91 Å². The Hall–Kier alpha value is -2.17. The van der Waals surface area contributed by atoms with Crippen LogP contribution in [0, 0.1) is 0 Å². The van der Waals surface area contributed by atoms with Gasteiger partial charge in [0.1, 0.15) is 0 Å². The normalized spacial score (nSPS) is 13.3. The summed E-state index contributed by atoms with van der Waals surface area (Å²) in [6.07, 6.45) is 86.6. The van der Waals surface area contributed by atoms with Gasteiger partial charge in [0.2, 0.25) is 5.91 Å². The second kappa shape index (κ2) is 60.1. The molecule has 0 aliphatic carbocycles. The summed E-state index contributed by atoms with van der Waals surface area (Å²) in [7, 11) is 0. The van der Waals surface area contributed by atoms with Crippen molar-refractivity contribution in [1.29, 1.82) is 0 Å². The Morgan fingerprint density at radius 3 is 0.942 bits per heavy atom. The highest BCUT2D eigenvalue weighted by Gasteiger charge is 2.18. The summed E-state index contributed by atoms with van der Waals surface area (Å²) in [4.78, 5) is 12.5. The van der Waals surface area contributed by atoms with Crippen molar-refractivity contribution in [3.05, 3.63) is 72.9 Å². The first-order valence-corrected chi connectivity index (χ1v) is 30.7. The zero-order valence-corrected chi connectivity index (χ0v) is 46.3. The van der Waals surface area contributed by atoms with E-state index in [-0.39, 0.29) is 12.5 Å². The molecule has 3 N–H and O–H groups in total. The lowest BCUT2D eigenvalue weighted by Crippen LogP contribution is -2.45. The molecule has 0 fully saturated rings. The van der Waals surface area contributed by atoms with Crippen molar-refractivity contribution in [2.75, 3.05) is 6.61 Å². The van der Waals surface area contributed by atoms with Gasteiger partial charge in [-0.05, 0) is 83.5 Å². The highest BCUT2D eigenvalue weighted by molar-refractivity contribution is 5.76. The Balaban J connectivity index is 3.54. The van der Waals surface area contributed by atoms with Crippen molar-refractivity contribution in [2.24, 2.45) is 0 Å². The number of carbonyl (C=O) groups excluding carboxylic acids is 1. The molecule has 1 amide bonds. The van der Waals surface area contributed by atoms with Crippen LogP contribution in [0.3, 0.4) is 0 Å². The third-order valence-corrected chi connectivity index (χ3v) is 13.9. The maximum absolute atomic E-state index is 12.5. The van der Waals surface area contributed by atoms with Gasteiger partial charge in [0, 0.05) is 6.42 Å². The summed E-state index contributed by atoms with van der Waals surface area (Å²) >= 11 is 0. The number of unbranched alkanes of at least 4 members (excludes halogenated alkanes) is 39. The van der Waals surface area contributed by atoms with E-state index in [4.69, 9.17) is 0 Å². The molecule has 2 unspecified atom stereocenters. The Labute approximate surface area is 431 Å². The van der Waals surface area contributed by atoms with Crippen LogP contribution in [-0.2, 0) is 4.79 Å². The molecule has 0 rings (SSSR count). The van der Waals surface area contributed by atoms with E-state index < -0.39 is 12.1 Å². The fraction of sp³-hybridized carbons (Fsp3) is 0.800. The Bertz CT molecular complexity index is 1180. The first-order chi connectivity index (χ1) is 34.2. The van der Waals surface area contributed by atoms with Crippen molar-refractivity contribution in [1.82, 2.24) is 5.32 Å². The number of hydrogen-bond acceptors (Lipinski definition) is 3. The minimum Gasteiger partial charge on any atom is -0.394 e. The number of hydrogen-bond donors (Lipinski definition) is 3. The van der Waals surface area contributed by atoms with Gasteiger partial charge in [-0.3, -0.25) is 4.79 Å². The number of rotatable bonds is 56. The second-order valence-electron chi connectivity index (χ2n) is 20.7. The summed E-state index contributed by atoms with van der Waals surface area (Å²) in [5.41, 5.74) is 0. The minimum atomic E-state index is -0.874. The minimum absolute atomic E-state index is 0.0761. The molecular weight excluding hydrogens is 843 g/mol. The summed E-state index contributed by atoms with van der Waals surface area (Å²) in [5.74, 6) is -0.0761. The number of aliphatic hydroxyl groups is 2. The van der Waals surface area contributed by atoms with E-state index in [2.05, 4.69) is 79.9 Å². The topological polar surface area (TPSA) is 69.6 Å². The predicted octanol–water partition coefficient (Wildman–Crippen LogP) is 20.5. The number of allylic oxidation sites excluding steroid dienone is 11. The van der Waals surface area contributed by atoms with Crippen LogP contribution in [0.4, 0.5) is 0 Å². The van der Waals surface area contributed by atoms with Crippen molar-refractivity contribution < 1.29 is 15.0 Å². The smallest absolute Gasteiger partial charge is 0.220 e. The first-order valence-electron chi connectivity index (χ1n) is 30.7. The van der Waals surface area contributed by atoms with E-state index in [1.54, 1.807) is 6.08 Å². The Morgan fingerprint density at radius 1 is 0.348 bits per heavy atom. The second-order valence-corrected chi connectivity index (χ2v) is 20.7. The maximum Gasteiger partial charge on any atom is 0.220 e. The lowest BCUT2D eigenvalue weighted by molar-refractivity contribution is -0.123. The van der Waals surface area contributed by atoms with E-state index in [9.17, 15) is 15.0 Å². The van der Waals surface area contributed by atoms with Crippen LogP contribution >= 0.6 is 0 Å². The van der Waals surface area contributed by atoms with Crippen LogP contribution in [0.15, 0.2) is 72.9 Å². The molecular formula is C65H119NO3. The molecule has 0 aromatic rings. The number of aliphatic hydroxyl groups excluding tert-OH is 2. The van der Waals surface area contributed by atoms with Gasteiger partial charge in [0.25, 0.3) is 0 Å². The van der Waals surface area contributed by atoms with Crippen molar-refractivity contribution in [3.63, 3.8) is 0 Å². The van der Waals surface area contributed by atoms with E-state index in [1.807, 2.05) is 6.08 Å². The molecule has 0 aliphatic rings. The molecule has 0 saturated heterocycles. The van der Waals surface area contributed by atoms with Crippen molar-refractivity contribution in [3.8, 4) is 0 Å². The third kappa shape index (κ3) is 56.6. The molecule has 4 heteroatoms. The van der Waals surface area contributed by atoms with E-state index in [0.717, 1.165) is 51.4 Å². The monoisotopic (exact) mass is 962 g/mol. The van der Waals surface area contributed by atoms with Gasteiger partial charge < -0.3 is 15.5 Å². The summed E-state index contributed by atoms with van der Waals surface area (Å²) < 4.78 is 0. The van der Waals surface area contributed by atoms with Gasteiger partial charge in [0.05, 0.1) is 18.8 Å². The van der Waals surface area contributed by atoms with Crippen LogP contribution < -0.4 is 5.32 Å². The van der Waals surface area contributed by atoms with Gasteiger partial charge in [-0.1, -0.05) is 299 Å². The number of nitrogens with one attached hydrogen (secondary N) is 1. The molecule has 4 nitrogen and oxygen atoms in total. The van der Waals surface area contributed by atoms with Crippen LogP contribution in [-0.4, -0.2) is 34.9 Å². The third-order valence-electron chi connectivity index (χ3n) is 13.9. The van der Waals surface area contributed by atoms with Crippen LogP contribution in [0.5, 0.6) is 0 Å². The maximum atomic E-state index is 12.5. The standard InChI is InChI=1S/C65H119NO3/c1-3-5-7-9-11-13-15-17-19-21-23-25-27-29-31-32-33-34-35-37-39-41-43-45-47-49-51-53-55-57-59-61-65(69)66-63(62-67)64(68)60-58-56-54-52-50-48-46-44-42-40-38-36-30-28-26-24-22-20-18-16-14-12-10-8-6-4-2/h15,17,21,23,27,29,42,44,50,52,58,60,63-64,67-68H,3-14,16,18-20,22,24-26,28,30-41,43,45-49,51,53-57,59,61-62H2,1-2H3,(H,66,69)/b17-15-,23-21-,29-27-,44-42+,52-50+,60-58+. The van der Waals surface area contributed by atoms with Crippen LogP contribution in [0.1, 0.15) is 316 Å². The summed E-state index contributed by atoms with van der Waals surface area (Å²) in [6.45, 7) is 4.31. The van der Waals surface area contributed by atoms with Gasteiger partial charge in [0.15, 0.2) is 0 Å². The van der Waals surface area contributed by atoms with Gasteiger partial charge in [-0.15, -0.1) is 0 Å². The molecule has 402 valence electrons. The highest BCUT2D eigenvalue weighted by Crippen LogP contribution is 2.17. The zero-order chi connectivity index (χ0) is 49.9.